The van der Waals surface area contributed by atoms with Crippen LogP contribution >= 0.6 is 0 Å². The average molecular weight is 374 g/mol. The molecule has 1 N–H and O–H groups in total. The molecule has 144 valence electrons. The van der Waals surface area contributed by atoms with Gasteiger partial charge in [-0.3, -0.25) is 4.90 Å². The molecule has 1 saturated heterocycles. The van der Waals surface area contributed by atoms with Crippen molar-refractivity contribution >= 4 is 11.5 Å². The van der Waals surface area contributed by atoms with E-state index in [4.69, 9.17) is 0 Å². The third-order valence-electron chi connectivity index (χ3n) is 5.24. The normalized spacial score (nSPS) is 15.5. The highest BCUT2D eigenvalue weighted by atomic mass is 15.2. The molecule has 1 aliphatic rings. The topological polar surface area (TPSA) is 44.3 Å². The van der Waals surface area contributed by atoms with Crippen molar-refractivity contribution in [3.8, 4) is 11.3 Å². The maximum Gasteiger partial charge on any atom is 0.153 e. The molecule has 0 bridgehead atoms. The smallest absolute Gasteiger partial charge is 0.153 e. The van der Waals surface area contributed by atoms with E-state index in [0.29, 0.717) is 0 Å². The van der Waals surface area contributed by atoms with Crippen LogP contribution in [0.15, 0.2) is 60.7 Å². The van der Waals surface area contributed by atoms with Crippen LogP contribution in [0.4, 0.5) is 11.5 Å². The number of benzene rings is 2. The summed E-state index contributed by atoms with van der Waals surface area (Å²) < 4.78 is 0. The van der Waals surface area contributed by atoms with E-state index < -0.39 is 0 Å². The van der Waals surface area contributed by atoms with Crippen molar-refractivity contribution in [1.29, 1.82) is 0 Å². The number of aromatic nitrogens is 2. The summed E-state index contributed by atoms with van der Waals surface area (Å²) in [6, 6.07) is 20.9. The molecule has 4 rings (SSSR count). The van der Waals surface area contributed by atoms with Crippen LogP contribution in [0.5, 0.6) is 0 Å². The predicted molar refractivity (Wildman–Crippen MR) is 115 cm³/mol. The van der Waals surface area contributed by atoms with E-state index in [1.54, 1.807) is 0 Å². The Balaban J connectivity index is 1.35. The molecule has 1 aliphatic heterocycles. The SMILES string of the molecule is Cc1ccc(-c2ccc(Nc3ccc(CN4CCN(C)CC4)cc3)nn2)cc1. The van der Waals surface area contributed by atoms with Crippen molar-refractivity contribution in [2.75, 3.05) is 38.5 Å². The number of likely N-dealkylation sites (N-methyl/N-ethyl adjacent to an activating group) is 1. The molecule has 3 aromatic rings. The van der Waals surface area contributed by atoms with E-state index in [0.717, 1.165) is 55.5 Å². The summed E-state index contributed by atoms with van der Waals surface area (Å²) in [4.78, 5) is 4.90. The van der Waals surface area contributed by atoms with Gasteiger partial charge < -0.3 is 10.2 Å². The molecule has 28 heavy (non-hydrogen) atoms. The van der Waals surface area contributed by atoms with Crippen molar-refractivity contribution in [1.82, 2.24) is 20.0 Å². The second-order valence-corrected chi connectivity index (χ2v) is 7.57. The van der Waals surface area contributed by atoms with Crippen LogP contribution in [0.3, 0.4) is 0 Å². The molecule has 5 nitrogen and oxygen atoms in total. The summed E-state index contributed by atoms with van der Waals surface area (Å²) >= 11 is 0. The zero-order valence-corrected chi connectivity index (χ0v) is 16.6. The molecule has 2 heterocycles. The first-order chi connectivity index (χ1) is 13.7. The predicted octanol–water partition coefficient (Wildman–Crippen LogP) is 3.94. The lowest BCUT2D eigenvalue weighted by molar-refractivity contribution is 0.148. The molecule has 0 unspecified atom stereocenters. The van der Waals surface area contributed by atoms with Gasteiger partial charge in [-0.2, -0.15) is 0 Å². The van der Waals surface area contributed by atoms with E-state index in [9.17, 15) is 0 Å². The van der Waals surface area contributed by atoms with Gasteiger partial charge in [0.1, 0.15) is 0 Å². The zero-order chi connectivity index (χ0) is 19.3. The first kappa shape index (κ1) is 18.6. The monoisotopic (exact) mass is 373 g/mol. The molecular formula is C23H27N5. The number of hydrogen-bond donors (Lipinski definition) is 1. The van der Waals surface area contributed by atoms with Gasteiger partial charge in [0, 0.05) is 44.0 Å². The lowest BCUT2D eigenvalue weighted by Crippen LogP contribution is -2.43. The fourth-order valence-electron chi connectivity index (χ4n) is 3.38. The minimum Gasteiger partial charge on any atom is -0.339 e. The highest BCUT2D eigenvalue weighted by molar-refractivity contribution is 5.62. The van der Waals surface area contributed by atoms with Gasteiger partial charge in [-0.1, -0.05) is 42.0 Å². The Hall–Kier alpha value is -2.76. The second kappa shape index (κ2) is 8.50. The summed E-state index contributed by atoms with van der Waals surface area (Å²) in [7, 11) is 2.19. The first-order valence-electron chi connectivity index (χ1n) is 9.83. The van der Waals surface area contributed by atoms with Crippen LogP contribution in [0.1, 0.15) is 11.1 Å². The Bertz CT molecular complexity index is 880. The summed E-state index contributed by atoms with van der Waals surface area (Å²) in [5.41, 5.74) is 5.58. The quantitative estimate of drug-likeness (QED) is 0.734. The summed E-state index contributed by atoms with van der Waals surface area (Å²) in [6.45, 7) is 7.67. The van der Waals surface area contributed by atoms with Crippen LogP contribution in [-0.2, 0) is 6.54 Å². The van der Waals surface area contributed by atoms with Crippen molar-refractivity contribution < 1.29 is 0 Å². The van der Waals surface area contributed by atoms with Gasteiger partial charge in [0.05, 0.1) is 5.69 Å². The number of nitrogens with zero attached hydrogens (tertiary/aromatic N) is 4. The zero-order valence-electron chi connectivity index (χ0n) is 16.6. The van der Waals surface area contributed by atoms with Gasteiger partial charge in [-0.15, -0.1) is 10.2 Å². The number of anilines is 2. The van der Waals surface area contributed by atoms with Crippen LogP contribution in [0.25, 0.3) is 11.3 Å². The Labute approximate surface area is 167 Å². The third-order valence-corrected chi connectivity index (χ3v) is 5.24. The highest BCUT2D eigenvalue weighted by Gasteiger charge is 2.13. The van der Waals surface area contributed by atoms with Crippen molar-refractivity contribution in [2.24, 2.45) is 0 Å². The highest BCUT2D eigenvalue weighted by Crippen LogP contribution is 2.20. The minimum absolute atomic E-state index is 0.752. The fraction of sp³-hybridized carbons (Fsp3) is 0.304. The van der Waals surface area contributed by atoms with Gasteiger partial charge in [0.2, 0.25) is 0 Å². The maximum atomic E-state index is 4.35. The van der Waals surface area contributed by atoms with Gasteiger partial charge >= 0.3 is 0 Å². The van der Waals surface area contributed by atoms with E-state index >= 15 is 0 Å². The van der Waals surface area contributed by atoms with E-state index in [2.05, 4.69) is 87.8 Å². The van der Waals surface area contributed by atoms with Gasteiger partial charge in [-0.25, -0.2) is 0 Å². The van der Waals surface area contributed by atoms with Crippen LogP contribution in [0.2, 0.25) is 0 Å². The number of aryl methyl sites for hydroxylation is 1. The van der Waals surface area contributed by atoms with E-state index in [1.165, 1.54) is 11.1 Å². The van der Waals surface area contributed by atoms with Gasteiger partial charge in [-0.05, 0) is 43.8 Å². The summed E-state index contributed by atoms with van der Waals surface area (Å²) in [6.07, 6.45) is 0. The van der Waals surface area contributed by atoms with E-state index in [1.807, 2.05) is 12.1 Å². The molecule has 0 amide bonds. The van der Waals surface area contributed by atoms with Gasteiger partial charge in [0.25, 0.3) is 0 Å². The Kier molecular flexibility index (Phi) is 5.65. The number of piperazine rings is 1. The van der Waals surface area contributed by atoms with Crippen molar-refractivity contribution in [2.45, 2.75) is 13.5 Å². The van der Waals surface area contributed by atoms with Crippen LogP contribution in [-0.4, -0.2) is 53.2 Å². The molecule has 0 radical (unpaired) electrons. The Morgan fingerprint density at radius 3 is 2.18 bits per heavy atom. The molecule has 1 aromatic heterocycles. The van der Waals surface area contributed by atoms with Crippen molar-refractivity contribution in [3.05, 3.63) is 71.8 Å². The molecule has 0 saturated carbocycles. The van der Waals surface area contributed by atoms with Crippen LogP contribution < -0.4 is 5.32 Å². The maximum absolute atomic E-state index is 4.35. The van der Waals surface area contributed by atoms with Gasteiger partial charge in [0.15, 0.2) is 5.82 Å². The van der Waals surface area contributed by atoms with E-state index in [-0.39, 0.29) is 0 Å². The molecule has 0 atom stereocenters. The lowest BCUT2D eigenvalue weighted by atomic mass is 10.1. The molecule has 0 aliphatic carbocycles. The molecule has 2 aromatic carbocycles. The van der Waals surface area contributed by atoms with Crippen molar-refractivity contribution in [3.63, 3.8) is 0 Å². The fourth-order valence-corrected chi connectivity index (χ4v) is 3.38. The third kappa shape index (κ3) is 4.74. The average Bonchev–Trinajstić information content (AvgIpc) is 2.72. The largest absolute Gasteiger partial charge is 0.339 e. The summed E-state index contributed by atoms with van der Waals surface area (Å²) in [5, 5.41) is 12.0. The number of nitrogens with one attached hydrogen (secondary N) is 1. The summed E-state index contributed by atoms with van der Waals surface area (Å²) in [5.74, 6) is 0.752. The Morgan fingerprint density at radius 1 is 0.821 bits per heavy atom. The molecule has 0 spiro atoms. The molecule has 5 heteroatoms. The minimum atomic E-state index is 0.752. The molecule has 1 fully saturated rings. The van der Waals surface area contributed by atoms with Crippen LogP contribution in [0, 0.1) is 6.92 Å². The Morgan fingerprint density at radius 2 is 1.54 bits per heavy atom. The molecular weight excluding hydrogens is 346 g/mol. The number of rotatable bonds is 5. The standard InChI is InChI=1S/C23H27N5/c1-18-3-7-20(8-4-18)22-11-12-23(26-25-22)24-21-9-5-19(6-10-21)17-28-15-13-27(2)14-16-28/h3-12H,13-17H2,1-2H3,(H,24,26). The first-order valence-corrected chi connectivity index (χ1v) is 9.83. The second-order valence-electron chi connectivity index (χ2n) is 7.57. The number of hydrogen-bond acceptors (Lipinski definition) is 5. The lowest BCUT2D eigenvalue weighted by Gasteiger charge is -2.32.